The first kappa shape index (κ1) is 12.0. The van der Waals surface area contributed by atoms with Gasteiger partial charge in [-0.1, -0.05) is 6.92 Å². The van der Waals surface area contributed by atoms with Crippen molar-refractivity contribution in [2.75, 3.05) is 6.61 Å². The maximum atomic E-state index is 11.5. The number of aliphatic hydroxyl groups excluding tert-OH is 2. The molecule has 1 fully saturated rings. The number of aromatic amines is 1. The number of H-pyrrole nitrogens is 1. The summed E-state index contributed by atoms with van der Waals surface area (Å²) in [5, 5.41) is 19.0. The Labute approximate surface area is 96.3 Å². The molecule has 0 saturated carbocycles. The van der Waals surface area contributed by atoms with Crippen molar-refractivity contribution < 1.29 is 14.9 Å². The van der Waals surface area contributed by atoms with Crippen LogP contribution in [0.5, 0.6) is 0 Å². The second-order valence-electron chi connectivity index (χ2n) is 4.11. The van der Waals surface area contributed by atoms with Gasteiger partial charge in [0.1, 0.15) is 6.10 Å². The zero-order chi connectivity index (χ0) is 12.6. The van der Waals surface area contributed by atoms with Crippen molar-refractivity contribution in [3.63, 3.8) is 0 Å². The smallest absolute Gasteiger partial charge is 0.330 e. The molecule has 1 aliphatic rings. The van der Waals surface area contributed by atoms with Crippen LogP contribution in [0.25, 0.3) is 0 Å². The third-order valence-electron chi connectivity index (χ3n) is 3.04. The van der Waals surface area contributed by atoms with Crippen molar-refractivity contribution in [2.24, 2.45) is 5.92 Å². The zero-order valence-electron chi connectivity index (χ0n) is 9.24. The van der Waals surface area contributed by atoms with Crippen molar-refractivity contribution in [1.82, 2.24) is 9.55 Å². The first-order valence-electron chi connectivity index (χ1n) is 5.30. The normalized spacial score (nSPS) is 32.9. The molecule has 0 amide bonds. The van der Waals surface area contributed by atoms with E-state index in [4.69, 9.17) is 9.84 Å². The van der Waals surface area contributed by atoms with Gasteiger partial charge in [-0.2, -0.15) is 0 Å². The summed E-state index contributed by atoms with van der Waals surface area (Å²) in [6.45, 7) is 1.50. The monoisotopic (exact) mass is 242 g/mol. The summed E-state index contributed by atoms with van der Waals surface area (Å²) >= 11 is 0. The van der Waals surface area contributed by atoms with Gasteiger partial charge in [0.2, 0.25) is 0 Å². The highest BCUT2D eigenvalue weighted by Gasteiger charge is 2.41. The van der Waals surface area contributed by atoms with E-state index in [-0.39, 0.29) is 12.5 Å². The van der Waals surface area contributed by atoms with E-state index in [9.17, 15) is 14.7 Å². The molecule has 1 saturated heterocycles. The summed E-state index contributed by atoms with van der Waals surface area (Å²) in [4.78, 5) is 24.5. The van der Waals surface area contributed by atoms with Crippen molar-refractivity contribution in [3.8, 4) is 0 Å². The van der Waals surface area contributed by atoms with Crippen LogP contribution in [0.15, 0.2) is 21.9 Å². The van der Waals surface area contributed by atoms with Crippen LogP contribution in [0.1, 0.15) is 13.2 Å². The van der Waals surface area contributed by atoms with Gasteiger partial charge in [-0.25, -0.2) is 4.79 Å². The Morgan fingerprint density at radius 2 is 2.24 bits per heavy atom. The molecule has 0 aromatic carbocycles. The maximum absolute atomic E-state index is 11.5. The van der Waals surface area contributed by atoms with Crippen LogP contribution in [0.3, 0.4) is 0 Å². The van der Waals surface area contributed by atoms with E-state index in [1.54, 1.807) is 6.92 Å². The van der Waals surface area contributed by atoms with Crippen molar-refractivity contribution in [1.29, 1.82) is 0 Å². The number of rotatable bonds is 2. The molecule has 7 nitrogen and oxygen atoms in total. The third kappa shape index (κ3) is 2.04. The predicted molar refractivity (Wildman–Crippen MR) is 57.5 cm³/mol. The molecule has 4 atom stereocenters. The third-order valence-corrected chi connectivity index (χ3v) is 3.04. The first-order chi connectivity index (χ1) is 8.04. The number of aromatic nitrogens is 2. The lowest BCUT2D eigenvalue weighted by Gasteiger charge is -2.17. The number of ether oxygens (including phenoxy) is 1. The van der Waals surface area contributed by atoms with E-state index < -0.39 is 29.7 Å². The molecule has 94 valence electrons. The molecule has 2 unspecified atom stereocenters. The van der Waals surface area contributed by atoms with E-state index in [2.05, 4.69) is 4.98 Å². The summed E-state index contributed by atoms with van der Waals surface area (Å²) in [5.74, 6) is -0.288. The van der Waals surface area contributed by atoms with E-state index in [0.29, 0.717) is 0 Å². The summed E-state index contributed by atoms with van der Waals surface area (Å²) < 4.78 is 6.49. The molecule has 0 bridgehead atoms. The van der Waals surface area contributed by atoms with Crippen LogP contribution < -0.4 is 11.2 Å². The van der Waals surface area contributed by atoms with Gasteiger partial charge in [0.25, 0.3) is 5.56 Å². The van der Waals surface area contributed by atoms with Gasteiger partial charge in [-0.3, -0.25) is 14.3 Å². The molecule has 3 N–H and O–H groups in total. The van der Waals surface area contributed by atoms with Crippen LogP contribution in [-0.4, -0.2) is 38.6 Å². The number of aliphatic hydroxyl groups is 2. The van der Waals surface area contributed by atoms with Gasteiger partial charge >= 0.3 is 5.69 Å². The number of nitrogens with one attached hydrogen (secondary N) is 1. The fourth-order valence-corrected chi connectivity index (χ4v) is 1.93. The van der Waals surface area contributed by atoms with Crippen molar-refractivity contribution in [3.05, 3.63) is 33.1 Å². The van der Waals surface area contributed by atoms with Crippen LogP contribution in [0.4, 0.5) is 0 Å². The van der Waals surface area contributed by atoms with Crippen LogP contribution in [0.2, 0.25) is 0 Å². The number of hydrogen-bond donors (Lipinski definition) is 3. The summed E-state index contributed by atoms with van der Waals surface area (Å²) in [7, 11) is 0. The van der Waals surface area contributed by atoms with Crippen LogP contribution >= 0.6 is 0 Å². The second-order valence-corrected chi connectivity index (χ2v) is 4.11. The zero-order valence-corrected chi connectivity index (χ0v) is 9.24. The minimum atomic E-state index is -0.907. The average molecular weight is 242 g/mol. The molecular weight excluding hydrogens is 228 g/mol. The Hall–Kier alpha value is -1.44. The standard InChI is InChI=1S/C10H14N2O5/c1-5-6(4-13)17-9(8(5)15)12-3-2-7(14)11-10(12)16/h2-3,5-6,8-9,13,15H,4H2,1H3,(H,11,14,16)/t5?,6-,8?,9-/m0/s1. The van der Waals surface area contributed by atoms with Crippen molar-refractivity contribution in [2.45, 2.75) is 25.4 Å². The highest BCUT2D eigenvalue weighted by Crippen LogP contribution is 2.32. The van der Waals surface area contributed by atoms with E-state index >= 15 is 0 Å². The minimum absolute atomic E-state index is 0.229. The molecule has 0 radical (unpaired) electrons. The molecule has 0 spiro atoms. The largest absolute Gasteiger partial charge is 0.394 e. The second kappa shape index (κ2) is 4.44. The van der Waals surface area contributed by atoms with E-state index in [0.717, 1.165) is 4.57 Å². The van der Waals surface area contributed by atoms with Crippen LogP contribution in [0, 0.1) is 5.92 Å². The highest BCUT2D eigenvalue weighted by molar-refractivity contribution is 4.91. The minimum Gasteiger partial charge on any atom is -0.394 e. The van der Waals surface area contributed by atoms with Gasteiger partial charge < -0.3 is 14.9 Å². The molecule has 0 aliphatic carbocycles. The summed E-state index contributed by atoms with van der Waals surface area (Å²) in [6, 6.07) is 1.18. The maximum Gasteiger partial charge on any atom is 0.330 e. The Bertz CT molecular complexity index is 508. The molecule has 17 heavy (non-hydrogen) atoms. The lowest BCUT2D eigenvalue weighted by Crippen LogP contribution is -2.35. The van der Waals surface area contributed by atoms with E-state index in [1.807, 2.05) is 0 Å². The average Bonchev–Trinajstić information content (AvgIpc) is 2.57. The number of hydrogen-bond acceptors (Lipinski definition) is 5. The predicted octanol–water partition coefficient (Wildman–Crippen LogP) is -1.58. The Balaban J connectivity index is 2.35. The van der Waals surface area contributed by atoms with Crippen molar-refractivity contribution >= 4 is 0 Å². The van der Waals surface area contributed by atoms with Gasteiger partial charge in [-0.05, 0) is 0 Å². The van der Waals surface area contributed by atoms with E-state index in [1.165, 1.54) is 12.3 Å². The SMILES string of the molecule is CC1C(O)[C@@H](n2ccc(=O)[nH]c2=O)O[C@H]1CO. The lowest BCUT2D eigenvalue weighted by atomic mass is 10.0. The molecule has 1 aromatic heterocycles. The number of nitrogens with zero attached hydrogens (tertiary/aromatic N) is 1. The Kier molecular flexibility index (Phi) is 3.14. The summed E-state index contributed by atoms with van der Waals surface area (Å²) in [5.41, 5.74) is -1.15. The molecular formula is C10H14N2O5. The van der Waals surface area contributed by atoms with Gasteiger partial charge in [0, 0.05) is 18.2 Å². The molecule has 1 aliphatic heterocycles. The fraction of sp³-hybridized carbons (Fsp3) is 0.600. The Morgan fingerprint density at radius 1 is 1.53 bits per heavy atom. The van der Waals surface area contributed by atoms with Gasteiger partial charge in [-0.15, -0.1) is 0 Å². The fourth-order valence-electron chi connectivity index (χ4n) is 1.93. The molecule has 1 aromatic rings. The quantitative estimate of drug-likeness (QED) is 0.580. The first-order valence-corrected chi connectivity index (χ1v) is 5.30. The van der Waals surface area contributed by atoms with Gasteiger partial charge in [0.05, 0.1) is 12.7 Å². The Morgan fingerprint density at radius 3 is 2.76 bits per heavy atom. The van der Waals surface area contributed by atoms with Gasteiger partial charge in [0.15, 0.2) is 6.23 Å². The highest BCUT2D eigenvalue weighted by atomic mass is 16.5. The summed E-state index contributed by atoms with van der Waals surface area (Å²) in [6.07, 6.45) is -1.04. The molecule has 7 heteroatoms. The molecule has 2 rings (SSSR count). The topological polar surface area (TPSA) is 105 Å². The van der Waals surface area contributed by atoms with Crippen LogP contribution in [-0.2, 0) is 4.74 Å². The molecule has 2 heterocycles. The lowest BCUT2D eigenvalue weighted by molar-refractivity contribution is -0.0534.